The van der Waals surface area contributed by atoms with Crippen molar-refractivity contribution < 1.29 is 8.42 Å². The van der Waals surface area contributed by atoms with Crippen molar-refractivity contribution >= 4 is 21.8 Å². The third-order valence-corrected chi connectivity index (χ3v) is 6.07. The van der Waals surface area contributed by atoms with Gasteiger partial charge in [-0.05, 0) is 37.7 Å². The molecular formula is C12H15N3O2S2. The van der Waals surface area contributed by atoms with Gasteiger partial charge in [0.15, 0.2) is 5.69 Å². The van der Waals surface area contributed by atoms with Crippen LogP contribution in [0.5, 0.6) is 0 Å². The van der Waals surface area contributed by atoms with Crippen LogP contribution >= 0.6 is 11.8 Å². The first-order valence-electron chi connectivity index (χ1n) is 5.96. The maximum atomic E-state index is 12.2. The van der Waals surface area contributed by atoms with Gasteiger partial charge in [-0.25, -0.2) is 18.1 Å². The molecule has 1 fully saturated rings. The minimum absolute atomic E-state index is 0.0518. The number of nitriles is 1. The molecule has 0 aromatic carbocycles. The van der Waals surface area contributed by atoms with Gasteiger partial charge in [-0.1, -0.05) is 0 Å². The number of aromatic nitrogens is 1. The fraction of sp³-hybridized carbons (Fsp3) is 0.500. The summed E-state index contributed by atoms with van der Waals surface area (Å²) in [6.45, 7) is 2.43. The van der Waals surface area contributed by atoms with E-state index in [4.69, 9.17) is 5.26 Å². The Morgan fingerprint density at radius 3 is 3.05 bits per heavy atom. The van der Waals surface area contributed by atoms with E-state index in [0.717, 1.165) is 18.6 Å². The minimum Gasteiger partial charge on any atom is -0.244 e. The van der Waals surface area contributed by atoms with E-state index in [-0.39, 0.29) is 15.3 Å². The molecule has 0 bridgehead atoms. The molecule has 1 aromatic heterocycles. The van der Waals surface area contributed by atoms with Gasteiger partial charge in [0, 0.05) is 17.5 Å². The predicted octanol–water partition coefficient (Wildman–Crippen LogP) is 1.52. The number of nitrogens with zero attached hydrogens (tertiary/aromatic N) is 2. The second-order valence-electron chi connectivity index (χ2n) is 4.69. The molecule has 1 aromatic rings. The van der Waals surface area contributed by atoms with Gasteiger partial charge in [-0.3, -0.25) is 0 Å². The fourth-order valence-electron chi connectivity index (χ4n) is 1.99. The van der Waals surface area contributed by atoms with Gasteiger partial charge < -0.3 is 0 Å². The van der Waals surface area contributed by atoms with Crippen molar-refractivity contribution in [3.8, 4) is 6.07 Å². The van der Waals surface area contributed by atoms with Gasteiger partial charge in [0.05, 0.1) is 0 Å². The van der Waals surface area contributed by atoms with Crippen LogP contribution in [-0.2, 0) is 10.0 Å². The Morgan fingerprint density at radius 1 is 1.63 bits per heavy atom. The number of rotatable bonds is 4. The lowest BCUT2D eigenvalue weighted by atomic mass is 10.1. The minimum atomic E-state index is -3.68. The van der Waals surface area contributed by atoms with E-state index in [1.54, 1.807) is 17.8 Å². The first-order valence-corrected chi connectivity index (χ1v) is 8.42. The van der Waals surface area contributed by atoms with Crippen molar-refractivity contribution in [3.05, 3.63) is 24.0 Å². The number of pyridine rings is 1. The molecule has 1 saturated heterocycles. The lowest BCUT2D eigenvalue weighted by Gasteiger charge is -2.22. The molecule has 19 heavy (non-hydrogen) atoms. The quantitative estimate of drug-likeness (QED) is 0.911. The Labute approximate surface area is 117 Å². The fourth-order valence-corrected chi connectivity index (χ4v) is 4.60. The average molecular weight is 297 g/mol. The van der Waals surface area contributed by atoms with E-state index in [9.17, 15) is 8.42 Å². The molecule has 0 radical (unpaired) electrons. The number of thioether (sulfide) groups is 1. The molecule has 0 saturated carbocycles. The molecule has 0 aliphatic carbocycles. The van der Waals surface area contributed by atoms with E-state index >= 15 is 0 Å². The van der Waals surface area contributed by atoms with Gasteiger partial charge in [0.1, 0.15) is 11.0 Å². The Morgan fingerprint density at radius 2 is 2.42 bits per heavy atom. The van der Waals surface area contributed by atoms with E-state index in [0.29, 0.717) is 6.54 Å². The van der Waals surface area contributed by atoms with Crippen molar-refractivity contribution in [2.45, 2.75) is 29.4 Å². The molecule has 102 valence electrons. The van der Waals surface area contributed by atoms with Gasteiger partial charge in [0.2, 0.25) is 10.0 Å². The molecule has 1 aliphatic rings. The molecule has 5 nitrogen and oxygen atoms in total. The molecule has 2 rings (SSSR count). The Kier molecular flexibility index (Phi) is 4.13. The zero-order valence-corrected chi connectivity index (χ0v) is 12.2. The van der Waals surface area contributed by atoms with Crippen LogP contribution in [0.2, 0.25) is 0 Å². The molecule has 1 aliphatic heterocycles. The summed E-state index contributed by atoms with van der Waals surface area (Å²) in [6, 6.07) is 4.72. The lowest BCUT2D eigenvalue weighted by Crippen LogP contribution is -2.37. The van der Waals surface area contributed by atoms with Gasteiger partial charge >= 0.3 is 0 Å². The predicted molar refractivity (Wildman–Crippen MR) is 74.2 cm³/mol. The van der Waals surface area contributed by atoms with Crippen LogP contribution in [-0.4, -0.2) is 30.4 Å². The average Bonchev–Trinajstić information content (AvgIpc) is 2.84. The molecule has 7 heteroatoms. The van der Waals surface area contributed by atoms with Crippen LogP contribution in [0.25, 0.3) is 0 Å². The van der Waals surface area contributed by atoms with E-state index < -0.39 is 10.0 Å². The van der Waals surface area contributed by atoms with Crippen molar-refractivity contribution in [3.63, 3.8) is 0 Å². The van der Waals surface area contributed by atoms with Gasteiger partial charge in [-0.2, -0.15) is 17.0 Å². The third kappa shape index (κ3) is 3.26. The molecular weight excluding hydrogens is 282 g/mol. The molecule has 2 heterocycles. The Hall–Kier alpha value is -1.10. The summed E-state index contributed by atoms with van der Waals surface area (Å²) in [5.41, 5.74) is -0.0702. The zero-order valence-electron chi connectivity index (χ0n) is 10.6. The highest BCUT2D eigenvalue weighted by Gasteiger charge is 2.31. The summed E-state index contributed by atoms with van der Waals surface area (Å²) in [5, 5.41) is 8.90. The molecule has 1 unspecified atom stereocenters. The number of hydrogen-bond acceptors (Lipinski definition) is 5. The molecule has 1 N–H and O–H groups in total. The Balaban J connectivity index is 2.17. The van der Waals surface area contributed by atoms with E-state index in [1.165, 1.54) is 18.3 Å². The summed E-state index contributed by atoms with van der Waals surface area (Å²) >= 11 is 1.78. The first kappa shape index (κ1) is 14.3. The highest BCUT2D eigenvalue weighted by molar-refractivity contribution is 8.01. The maximum Gasteiger partial charge on any atom is 0.243 e. The van der Waals surface area contributed by atoms with Gasteiger partial charge in [-0.15, -0.1) is 0 Å². The maximum absolute atomic E-state index is 12.2. The number of nitrogens with one attached hydrogen (secondary N) is 1. The molecule has 1 atom stereocenters. The Bertz CT molecular complexity index is 602. The largest absolute Gasteiger partial charge is 0.244 e. The summed E-state index contributed by atoms with van der Waals surface area (Å²) in [7, 11) is -3.68. The van der Waals surface area contributed by atoms with Crippen molar-refractivity contribution in [2.75, 3.05) is 12.3 Å². The normalized spacial score (nSPS) is 23.2. The lowest BCUT2D eigenvalue weighted by molar-refractivity contribution is 0.552. The van der Waals surface area contributed by atoms with Crippen LogP contribution < -0.4 is 4.72 Å². The van der Waals surface area contributed by atoms with Crippen molar-refractivity contribution in [1.29, 1.82) is 5.26 Å². The number of sulfonamides is 1. The zero-order chi connectivity index (χ0) is 13.9. The highest BCUT2D eigenvalue weighted by Crippen LogP contribution is 2.37. The second-order valence-corrected chi connectivity index (χ2v) is 8.11. The molecule has 0 spiro atoms. The summed E-state index contributed by atoms with van der Waals surface area (Å²) in [4.78, 5) is 3.72. The van der Waals surface area contributed by atoms with Crippen LogP contribution in [0, 0.1) is 11.3 Å². The van der Waals surface area contributed by atoms with Crippen molar-refractivity contribution in [1.82, 2.24) is 9.71 Å². The summed E-state index contributed by atoms with van der Waals surface area (Å²) < 4.78 is 26.9. The number of hydrogen-bond donors (Lipinski definition) is 1. The van der Waals surface area contributed by atoms with Crippen LogP contribution in [0.3, 0.4) is 0 Å². The van der Waals surface area contributed by atoms with Crippen LogP contribution in [0.1, 0.15) is 25.5 Å². The van der Waals surface area contributed by atoms with Crippen LogP contribution in [0.15, 0.2) is 23.2 Å². The summed E-state index contributed by atoms with van der Waals surface area (Å²) in [6.07, 6.45) is 3.52. The monoisotopic (exact) mass is 297 g/mol. The van der Waals surface area contributed by atoms with Crippen molar-refractivity contribution in [2.24, 2.45) is 0 Å². The smallest absolute Gasteiger partial charge is 0.243 e. The van der Waals surface area contributed by atoms with E-state index in [1.807, 2.05) is 0 Å². The van der Waals surface area contributed by atoms with Gasteiger partial charge in [0.25, 0.3) is 0 Å². The third-order valence-electron chi connectivity index (χ3n) is 3.10. The standard InChI is InChI=1S/C12H15N3O2S2/c1-12(5-3-7-18-12)9-15-19(16,17)11-4-2-6-14-10(11)8-13/h2,4,6,15H,3,5,7,9H2,1H3. The van der Waals surface area contributed by atoms with E-state index in [2.05, 4.69) is 16.6 Å². The molecule has 0 amide bonds. The summed E-state index contributed by atoms with van der Waals surface area (Å²) in [5.74, 6) is 1.06. The highest BCUT2D eigenvalue weighted by atomic mass is 32.2. The SMILES string of the molecule is CC1(CNS(=O)(=O)c2cccnc2C#N)CCCS1. The topological polar surface area (TPSA) is 82.8 Å². The second kappa shape index (κ2) is 5.49. The first-order chi connectivity index (χ1) is 8.97. The van der Waals surface area contributed by atoms with Crippen LogP contribution in [0.4, 0.5) is 0 Å².